The van der Waals surface area contributed by atoms with Crippen molar-refractivity contribution in [1.82, 2.24) is 9.80 Å². The van der Waals surface area contributed by atoms with Gasteiger partial charge < -0.3 is 24.2 Å². The highest BCUT2D eigenvalue weighted by atomic mass is 16.6. The first-order chi connectivity index (χ1) is 16.8. The Balaban J connectivity index is 1.34. The number of carbonyl (C=O) groups is 2. The van der Waals surface area contributed by atoms with Crippen LogP contribution in [0.5, 0.6) is 11.5 Å². The third-order valence-corrected chi connectivity index (χ3v) is 7.16. The zero-order valence-electron chi connectivity index (χ0n) is 19.9. The van der Waals surface area contributed by atoms with Crippen LogP contribution in [0.1, 0.15) is 33.6 Å². The van der Waals surface area contributed by atoms with Gasteiger partial charge >= 0.3 is 0 Å². The lowest BCUT2D eigenvalue weighted by molar-refractivity contribution is -0.384. The molecule has 184 valence electrons. The Morgan fingerprint density at radius 3 is 2.60 bits per heavy atom. The zero-order chi connectivity index (χ0) is 24.7. The fourth-order valence-corrected chi connectivity index (χ4v) is 5.15. The molecule has 0 aliphatic carbocycles. The van der Waals surface area contributed by atoms with Crippen molar-refractivity contribution in [3.63, 3.8) is 0 Å². The number of fused-ring (bicyclic) bond motifs is 1. The van der Waals surface area contributed by atoms with Gasteiger partial charge in [-0.3, -0.25) is 19.7 Å². The molecule has 3 aliphatic rings. The first-order valence-electron chi connectivity index (χ1n) is 11.7. The number of rotatable bonds is 4. The normalized spacial score (nSPS) is 22.2. The number of methoxy groups -OCH3 is 1. The third-order valence-electron chi connectivity index (χ3n) is 7.16. The number of hydrogen-bond donors (Lipinski definition) is 0. The maximum Gasteiger partial charge on any atom is 0.293 e. The lowest BCUT2D eigenvalue weighted by Gasteiger charge is -2.34. The predicted molar refractivity (Wildman–Crippen MR) is 129 cm³/mol. The van der Waals surface area contributed by atoms with Crippen molar-refractivity contribution in [3.05, 3.63) is 57.6 Å². The number of nitro benzene ring substituents is 1. The molecule has 0 aromatic heterocycles. The molecule has 3 heterocycles. The second-order valence-electron chi connectivity index (χ2n) is 9.47. The number of ketones is 1. The van der Waals surface area contributed by atoms with E-state index in [0.29, 0.717) is 48.8 Å². The van der Waals surface area contributed by atoms with Crippen molar-refractivity contribution in [1.29, 1.82) is 0 Å². The fourth-order valence-electron chi connectivity index (χ4n) is 5.15. The highest BCUT2D eigenvalue weighted by Gasteiger charge is 2.47. The van der Waals surface area contributed by atoms with Crippen molar-refractivity contribution in [3.8, 4) is 11.5 Å². The zero-order valence-corrected chi connectivity index (χ0v) is 19.9. The van der Waals surface area contributed by atoms with E-state index < -0.39 is 10.5 Å². The van der Waals surface area contributed by atoms with Gasteiger partial charge in [-0.2, -0.15) is 0 Å². The van der Waals surface area contributed by atoms with Crippen molar-refractivity contribution in [2.24, 2.45) is 0 Å². The number of carbonyl (C=O) groups excluding carboxylic acids is 2. The van der Waals surface area contributed by atoms with Crippen LogP contribution in [0.15, 0.2) is 36.4 Å². The van der Waals surface area contributed by atoms with Crippen molar-refractivity contribution in [2.75, 3.05) is 58.3 Å². The molecule has 2 saturated heterocycles. The van der Waals surface area contributed by atoms with Crippen LogP contribution in [-0.2, 0) is 0 Å². The second kappa shape index (κ2) is 8.84. The van der Waals surface area contributed by atoms with Gasteiger partial charge in [-0.25, -0.2) is 0 Å². The lowest BCUT2D eigenvalue weighted by atomic mass is 9.89. The number of anilines is 1. The smallest absolute Gasteiger partial charge is 0.293 e. The van der Waals surface area contributed by atoms with Gasteiger partial charge in [0.15, 0.2) is 5.78 Å². The number of hydrogen-bond acceptors (Lipinski definition) is 8. The second-order valence-corrected chi connectivity index (χ2v) is 9.47. The molecule has 0 bridgehead atoms. The average Bonchev–Trinajstić information content (AvgIpc) is 3.26. The summed E-state index contributed by atoms with van der Waals surface area (Å²) in [4.78, 5) is 43.4. The minimum Gasteiger partial charge on any atom is -0.497 e. The maximum atomic E-state index is 13.3. The van der Waals surface area contributed by atoms with Crippen LogP contribution in [0.2, 0.25) is 0 Å². The van der Waals surface area contributed by atoms with Crippen LogP contribution in [0.3, 0.4) is 0 Å². The van der Waals surface area contributed by atoms with Crippen LogP contribution in [0.4, 0.5) is 11.4 Å². The Bertz CT molecular complexity index is 1190. The monoisotopic (exact) mass is 480 g/mol. The molecule has 3 aliphatic heterocycles. The third kappa shape index (κ3) is 4.29. The molecule has 2 fully saturated rings. The topological polar surface area (TPSA) is 105 Å². The Kier molecular flexibility index (Phi) is 5.84. The van der Waals surface area contributed by atoms with Gasteiger partial charge in [-0.05, 0) is 37.4 Å². The van der Waals surface area contributed by atoms with Gasteiger partial charge in [0.25, 0.3) is 11.6 Å². The SMILES string of the molecule is COc1ccc2c(c1)C(=O)CC1(CCN(C(=O)c3ccc(N4CCN(C)CC4)c([N+](=O)[O-])c3)C1)O2. The molecule has 1 amide bonds. The number of benzene rings is 2. The first-order valence-corrected chi connectivity index (χ1v) is 11.7. The predicted octanol–water partition coefficient (Wildman–Crippen LogP) is 2.61. The van der Waals surface area contributed by atoms with Crippen molar-refractivity contribution < 1.29 is 24.0 Å². The summed E-state index contributed by atoms with van der Waals surface area (Å²) in [5, 5.41) is 11.8. The van der Waals surface area contributed by atoms with Crippen LogP contribution in [-0.4, -0.2) is 85.4 Å². The number of amides is 1. The molecule has 0 radical (unpaired) electrons. The van der Waals surface area contributed by atoms with Crippen LogP contribution in [0, 0.1) is 10.1 Å². The number of likely N-dealkylation sites (tertiary alicyclic amines) is 1. The molecule has 1 atom stereocenters. The summed E-state index contributed by atoms with van der Waals surface area (Å²) in [6.45, 7) is 3.68. The molecule has 2 aromatic carbocycles. The standard InChI is InChI=1S/C25H28N4O6/c1-26-9-11-27(12-10-26)20-5-3-17(13-21(20)29(32)33)24(31)28-8-7-25(16-28)15-22(30)19-14-18(34-2)4-6-23(19)35-25/h3-6,13-14H,7-12,15-16H2,1-2H3. The summed E-state index contributed by atoms with van der Waals surface area (Å²) in [6, 6.07) is 9.83. The minimum absolute atomic E-state index is 0.0494. The maximum absolute atomic E-state index is 13.3. The molecule has 0 N–H and O–H groups in total. The molecule has 2 aromatic rings. The van der Waals surface area contributed by atoms with E-state index in [1.807, 2.05) is 11.9 Å². The lowest BCUT2D eigenvalue weighted by Crippen LogP contribution is -2.45. The van der Waals surface area contributed by atoms with E-state index >= 15 is 0 Å². The summed E-state index contributed by atoms with van der Waals surface area (Å²) in [7, 11) is 3.56. The Labute approximate surface area is 203 Å². The van der Waals surface area contributed by atoms with E-state index in [1.54, 1.807) is 42.3 Å². The number of nitro groups is 1. The molecule has 10 nitrogen and oxygen atoms in total. The van der Waals surface area contributed by atoms with Crippen LogP contribution in [0.25, 0.3) is 0 Å². The molecule has 1 unspecified atom stereocenters. The summed E-state index contributed by atoms with van der Waals surface area (Å²) >= 11 is 0. The first kappa shape index (κ1) is 23.1. The quantitative estimate of drug-likeness (QED) is 0.486. The van der Waals surface area contributed by atoms with Gasteiger partial charge in [0.2, 0.25) is 0 Å². The van der Waals surface area contributed by atoms with E-state index in [1.165, 1.54) is 6.07 Å². The largest absolute Gasteiger partial charge is 0.497 e. The molecule has 0 saturated carbocycles. The van der Waals surface area contributed by atoms with E-state index in [0.717, 1.165) is 13.1 Å². The van der Waals surface area contributed by atoms with Gasteiger partial charge in [-0.1, -0.05) is 0 Å². The number of Topliss-reactive ketones (excluding diaryl/α,β-unsaturated/α-hetero) is 1. The van der Waals surface area contributed by atoms with E-state index in [2.05, 4.69) is 4.90 Å². The Hall–Kier alpha value is -3.66. The molecule has 35 heavy (non-hydrogen) atoms. The molecule has 10 heteroatoms. The van der Waals surface area contributed by atoms with Crippen LogP contribution >= 0.6 is 0 Å². The van der Waals surface area contributed by atoms with Gasteiger partial charge in [0, 0.05) is 50.8 Å². The number of likely N-dealkylation sites (N-methyl/N-ethyl adjacent to an activating group) is 1. The molecular weight excluding hydrogens is 452 g/mol. The summed E-state index contributed by atoms with van der Waals surface area (Å²) in [5.74, 6) is 0.725. The van der Waals surface area contributed by atoms with Gasteiger partial charge in [0.1, 0.15) is 22.8 Å². The van der Waals surface area contributed by atoms with Crippen LogP contribution < -0.4 is 14.4 Å². The summed E-state index contributed by atoms with van der Waals surface area (Å²) < 4.78 is 11.5. The van der Waals surface area contributed by atoms with E-state index in [9.17, 15) is 19.7 Å². The molecule has 5 rings (SSSR count). The highest BCUT2D eigenvalue weighted by molar-refractivity contribution is 6.01. The average molecular weight is 481 g/mol. The number of nitrogens with zero attached hydrogens (tertiary/aromatic N) is 4. The van der Waals surface area contributed by atoms with Gasteiger partial charge in [-0.15, -0.1) is 0 Å². The fraction of sp³-hybridized carbons (Fsp3) is 0.440. The summed E-state index contributed by atoms with van der Waals surface area (Å²) in [5.41, 5.74) is 0.417. The summed E-state index contributed by atoms with van der Waals surface area (Å²) in [6.07, 6.45) is 0.677. The molecule has 1 spiro atoms. The van der Waals surface area contributed by atoms with E-state index in [-0.39, 0.29) is 35.9 Å². The van der Waals surface area contributed by atoms with E-state index in [4.69, 9.17) is 9.47 Å². The number of ether oxygens (including phenoxy) is 2. The molecular formula is C25H28N4O6. The van der Waals surface area contributed by atoms with Gasteiger partial charge in [0.05, 0.1) is 30.6 Å². The Morgan fingerprint density at radius 2 is 1.89 bits per heavy atom. The number of piperazine rings is 1. The Morgan fingerprint density at radius 1 is 1.11 bits per heavy atom. The van der Waals surface area contributed by atoms with Crippen molar-refractivity contribution >= 4 is 23.1 Å². The minimum atomic E-state index is -0.792. The van der Waals surface area contributed by atoms with Crippen molar-refractivity contribution in [2.45, 2.75) is 18.4 Å². The highest BCUT2D eigenvalue weighted by Crippen LogP contribution is 2.40.